The average Bonchev–Trinajstić information content (AvgIpc) is 3.14. The Hall–Kier alpha value is -1.19. The van der Waals surface area contributed by atoms with Gasteiger partial charge in [0.05, 0.1) is 19.8 Å². The fraction of sp³-hybridized carbons (Fsp3) is 0.737. The number of rotatable bonds is 17. The van der Waals surface area contributed by atoms with Crippen LogP contribution in [0.1, 0.15) is 25.7 Å². The van der Waals surface area contributed by atoms with Crippen molar-refractivity contribution in [2.45, 2.75) is 50.2 Å². The SMILES string of the molecule is C=C1NC(=O)C=CN1[C@@H]1O[C@H](COP(=O)(O)OCCCCO)C(OP(=O)(O)OCCCCO)[C@@H]1OC. The second kappa shape index (κ2) is 14.7. The van der Waals surface area contributed by atoms with Crippen molar-refractivity contribution in [1.29, 1.82) is 0 Å². The summed E-state index contributed by atoms with van der Waals surface area (Å²) in [6, 6.07) is 0. The number of ether oxygens (including phenoxy) is 2. The van der Waals surface area contributed by atoms with E-state index in [1.54, 1.807) is 0 Å². The number of hydrogen-bond acceptors (Lipinski definition) is 12. The summed E-state index contributed by atoms with van der Waals surface area (Å²) in [7, 11) is -7.91. The van der Waals surface area contributed by atoms with E-state index in [1.807, 2.05) is 0 Å². The van der Waals surface area contributed by atoms with E-state index in [4.69, 9.17) is 37.8 Å². The third-order valence-electron chi connectivity index (χ3n) is 5.07. The molecule has 0 spiro atoms. The maximum absolute atomic E-state index is 12.6. The minimum Gasteiger partial charge on any atom is -0.396 e. The van der Waals surface area contributed by atoms with Gasteiger partial charge < -0.3 is 39.7 Å². The lowest BCUT2D eigenvalue weighted by atomic mass is 10.1. The number of carbonyl (C=O) groups excluding carboxylic acids is 1. The second-order valence-corrected chi connectivity index (χ2v) is 10.6. The highest BCUT2D eigenvalue weighted by molar-refractivity contribution is 7.47. The number of hydrogen-bond donors (Lipinski definition) is 5. The van der Waals surface area contributed by atoms with Gasteiger partial charge in [-0.1, -0.05) is 6.58 Å². The van der Waals surface area contributed by atoms with Crippen LogP contribution in [-0.2, 0) is 41.5 Å². The van der Waals surface area contributed by atoms with Crippen LogP contribution in [0.4, 0.5) is 0 Å². The first-order valence-electron chi connectivity index (χ1n) is 11.2. The largest absolute Gasteiger partial charge is 0.472 e. The highest BCUT2D eigenvalue weighted by Gasteiger charge is 2.52. The quantitative estimate of drug-likeness (QED) is 0.120. The summed E-state index contributed by atoms with van der Waals surface area (Å²) in [5, 5.41) is 20.1. The molecule has 1 saturated heterocycles. The van der Waals surface area contributed by atoms with E-state index >= 15 is 0 Å². The number of phosphoric acid groups is 2. The van der Waals surface area contributed by atoms with Gasteiger partial charge in [-0.05, 0) is 25.7 Å². The number of amides is 1. The molecular formula is C19H34N2O13P2. The highest BCUT2D eigenvalue weighted by atomic mass is 31.2. The lowest BCUT2D eigenvalue weighted by molar-refractivity contribution is -0.118. The van der Waals surface area contributed by atoms with Crippen molar-refractivity contribution in [3.8, 4) is 0 Å². The zero-order chi connectivity index (χ0) is 26.8. The van der Waals surface area contributed by atoms with Crippen LogP contribution in [0.25, 0.3) is 0 Å². The van der Waals surface area contributed by atoms with Gasteiger partial charge in [0.15, 0.2) is 6.23 Å². The molecule has 2 rings (SSSR count). The topological polar surface area (TPSA) is 203 Å². The minimum atomic E-state index is -4.66. The normalized spacial score (nSPS) is 27.6. The number of methoxy groups -OCH3 is 1. The molecule has 36 heavy (non-hydrogen) atoms. The molecule has 5 N–H and O–H groups in total. The Morgan fingerprint density at radius 1 is 1.03 bits per heavy atom. The third-order valence-corrected chi connectivity index (χ3v) is 7.07. The van der Waals surface area contributed by atoms with Crippen molar-refractivity contribution in [2.75, 3.05) is 40.1 Å². The Labute approximate surface area is 208 Å². The first kappa shape index (κ1) is 31.0. The van der Waals surface area contributed by atoms with Gasteiger partial charge in [-0.2, -0.15) is 0 Å². The van der Waals surface area contributed by atoms with Gasteiger partial charge in [-0.15, -0.1) is 0 Å². The molecular weight excluding hydrogens is 526 g/mol. The van der Waals surface area contributed by atoms with E-state index in [9.17, 15) is 23.7 Å². The van der Waals surface area contributed by atoms with Crippen molar-refractivity contribution in [2.24, 2.45) is 0 Å². The number of phosphoric ester groups is 2. The third kappa shape index (κ3) is 9.60. The maximum atomic E-state index is 12.6. The number of unbranched alkanes of at least 4 members (excludes halogenated alkanes) is 2. The van der Waals surface area contributed by atoms with Crippen molar-refractivity contribution < 1.29 is 61.5 Å². The molecule has 3 unspecified atom stereocenters. The molecule has 6 atom stereocenters. The lowest BCUT2D eigenvalue weighted by Crippen LogP contribution is -2.47. The molecule has 2 aliphatic rings. The Morgan fingerprint density at radius 3 is 2.19 bits per heavy atom. The summed E-state index contributed by atoms with van der Waals surface area (Å²) in [6.07, 6.45) is -0.761. The van der Waals surface area contributed by atoms with Crippen molar-refractivity contribution in [3.05, 3.63) is 24.7 Å². The zero-order valence-corrected chi connectivity index (χ0v) is 21.6. The number of nitrogens with zero attached hydrogens (tertiary/aromatic N) is 1. The monoisotopic (exact) mass is 560 g/mol. The molecule has 1 fully saturated rings. The predicted octanol–water partition coefficient (Wildman–Crippen LogP) is 0.324. The summed E-state index contributed by atoms with van der Waals surface area (Å²) >= 11 is 0. The molecule has 1 amide bonds. The van der Waals surface area contributed by atoms with E-state index in [2.05, 4.69) is 11.9 Å². The molecule has 2 heterocycles. The molecule has 0 radical (unpaired) electrons. The smallest absolute Gasteiger partial charge is 0.396 e. The zero-order valence-electron chi connectivity index (χ0n) is 19.8. The first-order valence-corrected chi connectivity index (χ1v) is 14.2. The molecule has 0 saturated carbocycles. The molecule has 0 aromatic carbocycles. The molecule has 0 aromatic heterocycles. The maximum Gasteiger partial charge on any atom is 0.472 e. The molecule has 17 heteroatoms. The van der Waals surface area contributed by atoms with Gasteiger partial charge in [0, 0.05) is 32.6 Å². The number of nitrogens with one attached hydrogen (secondary N) is 1. The molecule has 208 valence electrons. The Bertz CT molecular complexity index is 857. The van der Waals surface area contributed by atoms with Crippen LogP contribution < -0.4 is 5.32 Å². The van der Waals surface area contributed by atoms with Gasteiger partial charge in [0.25, 0.3) is 5.91 Å². The number of aliphatic hydroxyl groups excluding tert-OH is 2. The number of aliphatic hydroxyl groups is 2. The summed E-state index contributed by atoms with van der Waals surface area (Å²) < 4.78 is 56.3. The van der Waals surface area contributed by atoms with Crippen LogP contribution in [0.15, 0.2) is 24.7 Å². The van der Waals surface area contributed by atoms with E-state index in [0.717, 1.165) is 0 Å². The summed E-state index contributed by atoms with van der Waals surface area (Å²) in [5.74, 6) is -0.297. The molecule has 0 aromatic rings. The minimum absolute atomic E-state index is 0.103. The van der Waals surface area contributed by atoms with Crippen molar-refractivity contribution >= 4 is 21.6 Å². The fourth-order valence-electron chi connectivity index (χ4n) is 3.35. The van der Waals surface area contributed by atoms with Crippen LogP contribution in [-0.4, -0.2) is 95.5 Å². The lowest BCUT2D eigenvalue weighted by Gasteiger charge is -2.34. The van der Waals surface area contributed by atoms with Crippen LogP contribution >= 0.6 is 15.6 Å². The van der Waals surface area contributed by atoms with Crippen molar-refractivity contribution in [1.82, 2.24) is 10.2 Å². The fourth-order valence-corrected chi connectivity index (χ4v) is 5.10. The second-order valence-electron chi connectivity index (χ2n) is 7.76. The van der Waals surface area contributed by atoms with E-state index < -0.39 is 52.7 Å². The Morgan fingerprint density at radius 2 is 1.64 bits per heavy atom. The van der Waals surface area contributed by atoms with Gasteiger partial charge in [0.1, 0.15) is 24.1 Å². The highest BCUT2D eigenvalue weighted by Crippen LogP contribution is 2.49. The number of carbonyl (C=O) groups is 1. The van der Waals surface area contributed by atoms with Crippen LogP contribution in [0, 0.1) is 0 Å². The van der Waals surface area contributed by atoms with Crippen LogP contribution in [0.3, 0.4) is 0 Å². The Kier molecular flexibility index (Phi) is 12.6. The van der Waals surface area contributed by atoms with Crippen molar-refractivity contribution in [3.63, 3.8) is 0 Å². The average molecular weight is 560 g/mol. The molecule has 0 aliphatic carbocycles. The van der Waals surface area contributed by atoms with Gasteiger partial charge >= 0.3 is 15.6 Å². The molecule has 2 aliphatic heterocycles. The molecule has 15 nitrogen and oxygen atoms in total. The van der Waals surface area contributed by atoms with Gasteiger partial charge in [0.2, 0.25) is 0 Å². The predicted molar refractivity (Wildman–Crippen MR) is 123 cm³/mol. The van der Waals surface area contributed by atoms with Gasteiger partial charge in [-0.25, -0.2) is 9.13 Å². The van der Waals surface area contributed by atoms with E-state index in [-0.39, 0.29) is 32.2 Å². The Balaban J connectivity index is 2.17. The van der Waals surface area contributed by atoms with Crippen LogP contribution in [0.2, 0.25) is 0 Å². The molecule has 0 bridgehead atoms. The summed E-state index contributed by atoms with van der Waals surface area (Å²) in [6.45, 7) is 2.61. The summed E-state index contributed by atoms with van der Waals surface area (Å²) in [5.41, 5.74) is 0. The van der Waals surface area contributed by atoms with Gasteiger partial charge in [-0.3, -0.25) is 22.9 Å². The van der Waals surface area contributed by atoms with E-state index in [0.29, 0.717) is 25.7 Å². The standard InChI is InChI=1S/C19H34N2O13P2/c1-14-20-16(24)7-8-21(14)19-18(29-2)17(34-36(27,28)31-12-6-4-10-23)15(33-19)13-32-35(25,26)30-11-5-3-9-22/h7-8,15,17-19,22-23H,1,3-6,9-13H2,2H3,(H,20,24)(H,25,26)(H,27,28)/t15-,17?,18+,19-/m1/s1. The summed E-state index contributed by atoms with van der Waals surface area (Å²) in [4.78, 5) is 33.2. The van der Waals surface area contributed by atoms with E-state index in [1.165, 1.54) is 24.3 Å². The van der Waals surface area contributed by atoms with Crippen LogP contribution in [0.5, 0.6) is 0 Å². The first-order chi connectivity index (χ1) is 17.0.